The van der Waals surface area contributed by atoms with Crippen LogP contribution in [0.25, 0.3) is 11.3 Å². The van der Waals surface area contributed by atoms with E-state index < -0.39 is 0 Å². The van der Waals surface area contributed by atoms with Gasteiger partial charge in [-0.25, -0.2) is 4.98 Å². The first kappa shape index (κ1) is 11.5. The average molecular weight is 262 g/mol. The smallest absolute Gasteiger partial charge is 0.168 e. The minimum atomic E-state index is 0.812. The lowest BCUT2D eigenvalue weighted by atomic mass is 10.1. The third-order valence-electron chi connectivity index (χ3n) is 2.99. The summed E-state index contributed by atoms with van der Waals surface area (Å²) >= 11 is 1.79. The molecular formula is C13H14N2O2S. The number of ether oxygens (including phenoxy) is 2. The molecule has 94 valence electrons. The van der Waals surface area contributed by atoms with Crippen LogP contribution in [-0.4, -0.2) is 29.5 Å². The number of thioether (sulfide) groups is 1. The molecule has 0 N–H and O–H groups in total. The summed E-state index contributed by atoms with van der Waals surface area (Å²) in [4.78, 5) is 4.64. The van der Waals surface area contributed by atoms with Crippen molar-refractivity contribution < 1.29 is 9.47 Å². The second-order valence-corrected chi connectivity index (χ2v) is 5.08. The van der Waals surface area contributed by atoms with Crippen LogP contribution >= 0.6 is 11.8 Å². The van der Waals surface area contributed by atoms with Gasteiger partial charge in [-0.2, -0.15) is 0 Å². The molecule has 0 saturated carbocycles. The second kappa shape index (κ2) is 4.57. The summed E-state index contributed by atoms with van der Waals surface area (Å²) in [5.41, 5.74) is 1.91. The maximum atomic E-state index is 5.39. The quantitative estimate of drug-likeness (QED) is 0.852. The normalized spacial score (nSPS) is 13.4. The Balaban J connectivity index is 2.08. The number of imidazole rings is 1. The molecule has 0 amide bonds. The Kier molecular flexibility index (Phi) is 2.91. The van der Waals surface area contributed by atoms with E-state index in [0.717, 1.165) is 40.2 Å². The minimum Gasteiger partial charge on any atom is -0.497 e. The van der Waals surface area contributed by atoms with E-state index in [0.29, 0.717) is 0 Å². The molecule has 0 saturated heterocycles. The van der Waals surface area contributed by atoms with Crippen molar-refractivity contribution in [1.29, 1.82) is 0 Å². The van der Waals surface area contributed by atoms with Gasteiger partial charge >= 0.3 is 0 Å². The largest absolute Gasteiger partial charge is 0.497 e. The third-order valence-corrected chi connectivity index (χ3v) is 3.96. The van der Waals surface area contributed by atoms with Crippen LogP contribution in [-0.2, 0) is 6.54 Å². The molecule has 0 unspecified atom stereocenters. The number of rotatable bonds is 3. The molecule has 1 aromatic heterocycles. The predicted molar refractivity (Wildman–Crippen MR) is 71.5 cm³/mol. The Morgan fingerprint density at radius 1 is 1.28 bits per heavy atom. The highest BCUT2D eigenvalue weighted by molar-refractivity contribution is 7.99. The number of hydrogen-bond donors (Lipinski definition) is 0. The van der Waals surface area contributed by atoms with Gasteiger partial charge in [0.25, 0.3) is 0 Å². The standard InChI is InChI=1S/C13H14N2O2S/c1-16-9-3-4-12(17-2)10(7-9)11-8-15-5-6-18-13(15)14-11/h3-4,7-8H,5-6H2,1-2H3. The van der Waals surface area contributed by atoms with Gasteiger partial charge in [-0.15, -0.1) is 0 Å². The van der Waals surface area contributed by atoms with Crippen LogP contribution in [0.1, 0.15) is 0 Å². The molecule has 4 nitrogen and oxygen atoms in total. The van der Waals surface area contributed by atoms with Crippen LogP contribution in [0.15, 0.2) is 29.6 Å². The summed E-state index contributed by atoms with van der Waals surface area (Å²) < 4.78 is 12.8. The van der Waals surface area contributed by atoms with Gasteiger partial charge in [-0.3, -0.25) is 0 Å². The molecule has 3 rings (SSSR count). The van der Waals surface area contributed by atoms with Gasteiger partial charge in [0.15, 0.2) is 5.16 Å². The number of aromatic nitrogens is 2. The number of hydrogen-bond acceptors (Lipinski definition) is 4. The van der Waals surface area contributed by atoms with E-state index in [4.69, 9.17) is 9.47 Å². The molecule has 5 heteroatoms. The van der Waals surface area contributed by atoms with Crippen molar-refractivity contribution in [2.45, 2.75) is 11.7 Å². The maximum absolute atomic E-state index is 5.39. The van der Waals surface area contributed by atoms with Gasteiger partial charge in [-0.1, -0.05) is 11.8 Å². The molecule has 18 heavy (non-hydrogen) atoms. The van der Waals surface area contributed by atoms with E-state index in [2.05, 4.69) is 15.7 Å². The fourth-order valence-electron chi connectivity index (χ4n) is 2.05. The summed E-state index contributed by atoms with van der Waals surface area (Å²) in [6.45, 7) is 1.03. The lowest BCUT2D eigenvalue weighted by Crippen LogP contribution is -1.91. The summed E-state index contributed by atoms with van der Waals surface area (Å²) in [6.07, 6.45) is 2.08. The molecule has 2 aromatic rings. The molecule has 0 aliphatic carbocycles. The average Bonchev–Trinajstić information content (AvgIpc) is 2.98. The first-order valence-electron chi connectivity index (χ1n) is 5.74. The zero-order chi connectivity index (χ0) is 12.5. The van der Waals surface area contributed by atoms with Crippen molar-refractivity contribution in [2.75, 3.05) is 20.0 Å². The van der Waals surface area contributed by atoms with Gasteiger partial charge in [-0.05, 0) is 18.2 Å². The summed E-state index contributed by atoms with van der Waals surface area (Å²) in [7, 11) is 3.33. The van der Waals surface area contributed by atoms with Crippen molar-refractivity contribution in [3.63, 3.8) is 0 Å². The van der Waals surface area contributed by atoms with Crippen LogP contribution in [0.4, 0.5) is 0 Å². The Morgan fingerprint density at radius 2 is 2.17 bits per heavy atom. The summed E-state index contributed by atoms with van der Waals surface area (Å²) in [5.74, 6) is 2.74. The molecule has 0 fully saturated rings. The van der Waals surface area contributed by atoms with E-state index in [-0.39, 0.29) is 0 Å². The monoisotopic (exact) mass is 262 g/mol. The molecule has 2 heterocycles. The van der Waals surface area contributed by atoms with Crippen LogP contribution in [0.5, 0.6) is 11.5 Å². The molecule has 1 aliphatic heterocycles. The topological polar surface area (TPSA) is 36.3 Å². The molecule has 0 bridgehead atoms. The first-order chi connectivity index (χ1) is 8.81. The van der Waals surface area contributed by atoms with E-state index >= 15 is 0 Å². The molecule has 0 radical (unpaired) electrons. The van der Waals surface area contributed by atoms with Crippen molar-refractivity contribution in [2.24, 2.45) is 0 Å². The zero-order valence-corrected chi connectivity index (χ0v) is 11.2. The summed E-state index contributed by atoms with van der Waals surface area (Å²) in [5, 5.41) is 1.08. The van der Waals surface area contributed by atoms with E-state index in [1.165, 1.54) is 0 Å². The highest BCUT2D eigenvalue weighted by Gasteiger charge is 2.17. The number of methoxy groups -OCH3 is 2. The van der Waals surface area contributed by atoms with E-state index in [9.17, 15) is 0 Å². The first-order valence-corrected chi connectivity index (χ1v) is 6.73. The van der Waals surface area contributed by atoms with Crippen LogP contribution in [0.2, 0.25) is 0 Å². The van der Waals surface area contributed by atoms with Gasteiger partial charge < -0.3 is 14.0 Å². The molecule has 0 atom stereocenters. The van der Waals surface area contributed by atoms with Crippen molar-refractivity contribution >= 4 is 11.8 Å². The minimum absolute atomic E-state index is 0.812. The number of benzene rings is 1. The van der Waals surface area contributed by atoms with Crippen molar-refractivity contribution in [3.05, 3.63) is 24.4 Å². The van der Waals surface area contributed by atoms with Crippen molar-refractivity contribution in [3.8, 4) is 22.8 Å². The molecule has 1 aromatic carbocycles. The van der Waals surface area contributed by atoms with Gasteiger partial charge in [0, 0.05) is 24.1 Å². The van der Waals surface area contributed by atoms with Crippen LogP contribution < -0.4 is 9.47 Å². The van der Waals surface area contributed by atoms with Crippen LogP contribution in [0, 0.1) is 0 Å². The third kappa shape index (κ3) is 1.84. The Bertz CT molecular complexity index is 559. The number of nitrogens with zero attached hydrogens (tertiary/aromatic N) is 2. The molecular weight excluding hydrogens is 248 g/mol. The number of aryl methyl sites for hydroxylation is 1. The zero-order valence-electron chi connectivity index (χ0n) is 10.3. The van der Waals surface area contributed by atoms with Gasteiger partial charge in [0.1, 0.15) is 11.5 Å². The number of fused-ring (bicyclic) bond motifs is 1. The van der Waals surface area contributed by atoms with Gasteiger partial charge in [0.05, 0.1) is 19.9 Å². The lowest BCUT2D eigenvalue weighted by molar-refractivity contribution is 0.404. The van der Waals surface area contributed by atoms with Crippen molar-refractivity contribution in [1.82, 2.24) is 9.55 Å². The van der Waals surface area contributed by atoms with E-state index in [1.807, 2.05) is 18.2 Å². The highest BCUT2D eigenvalue weighted by Crippen LogP contribution is 2.35. The second-order valence-electron chi connectivity index (χ2n) is 4.02. The predicted octanol–water partition coefficient (Wildman–Crippen LogP) is 2.67. The van der Waals surface area contributed by atoms with E-state index in [1.54, 1.807) is 26.0 Å². The van der Waals surface area contributed by atoms with Crippen LogP contribution in [0.3, 0.4) is 0 Å². The summed E-state index contributed by atoms with van der Waals surface area (Å²) in [6, 6.07) is 5.76. The Hall–Kier alpha value is -1.62. The van der Waals surface area contributed by atoms with Gasteiger partial charge in [0.2, 0.25) is 0 Å². The Labute approximate surface area is 110 Å². The Morgan fingerprint density at radius 3 is 2.89 bits per heavy atom. The SMILES string of the molecule is COc1ccc(OC)c(-c2cn3c(n2)SCC3)c1. The maximum Gasteiger partial charge on any atom is 0.168 e. The molecule has 1 aliphatic rings. The molecule has 0 spiro atoms. The fraction of sp³-hybridized carbons (Fsp3) is 0.308. The fourth-order valence-corrected chi connectivity index (χ4v) is 3.00. The lowest BCUT2D eigenvalue weighted by Gasteiger charge is -2.08. The highest BCUT2D eigenvalue weighted by atomic mass is 32.2.